The van der Waals surface area contributed by atoms with Crippen LogP contribution in [-0.2, 0) is 11.3 Å². The van der Waals surface area contributed by atoms with Gasteiger partial charge in [0, 0.05) is 11.3 Å². The predicted molar refractivity (Wildman–Crippen MR) is 118 cm³/mol. The number of hydrogen-bond acceptors (Lipinski definition) is 3. The second kappa shape index (κ2) is 10.2. The van der Waals surface area contributed by atoms with Crippen molar-refractivity contribution >= 4 is 23.2 Å². The van der Waals surface area contributed by atoms with E-state index in [0.29, 0.717) is 23.5 Å². The lowest BCUT2D eigenvalue weighted by atomic mass is 10.1. The molecular formula is C24H26N3O3+. The zero-order valence-corrected chi connectivity index (χ0v) is 17.1. The first-order valence-corrected chi connectivity index (χ1v) is 9.74. The summed E-state index contributed by atoms with van der Waals surface area (Å²) >= 11 is 0. The highest BCUT2D eigenvalue weighted by atomic mass is 16.5. The maximum atomic E-state index is 12.7. The van der Waals surface area contributed by atoms with Crippen molar-refractivity contribution in [3.8, 4) is 5.75 Å². The first kappa shape index (κ1) is 21.1. The molecule has 1 unspecified atom stereocenters. The van der Waals surface area contributed by atoms with Crippen molar-refractivity contribution in [3.63, 3.8) is 0 Å². The van der Waals surface area contributed by atoms with Gasteiger partial charge in [0.25, 0.3) is 11.8 Å². The molecule has 0 saturated heterocycles. The molecule has 6 nitrogen and oxygen atoms in total. The van der Waals surface area contributed by atoms with E-state index in [0.717, 1.165) is 16.2 Å². The number of hydrogen-bond donors (Lipinski definition) is 3. The van der Waals surface area contributed by atoms with Crippen LogP contribution in [0, 0.1) is 0 Å². The molecule has 3 aromatic rings. The lowest BCUT2D eigenvalue weighted by Gasteiger charge is -2.15. The number of anilines is 2. The molecule has 154 valence electrons. The molecule has 30 heavy (non-hydrogen) atoms. The quantitative estimate of drug-likeness (QED) is 0.540. The van der Waals surface area contributed by atoms with Gasteiger partial charge in [0.15, 0.2) is 6.54 Å². The number of quaternary nitrogens is 1. The van der Waals surface area contributed by atoms with E-state index in [-0.39, 0.29) is 18.4 Å². The van der Waals surface area contributed by atoms with Crippen LogP contribution >= 0.6 is 0 Å². The van der Waals surface area contributed by atoms with E-state index in [1.807, 2.05) is 61.6 Å². The van der Waals surface area contributed by atoms with Crippen LogP contribution in [0.2, 0.25) is 0 Å². The summed E-state index contributed by atoms with van der Waals surface area (Å²) in [4.78, 5) is 26.2. The Balaban J connectivity index is 1.60. The van der Waals surface area contributed by atoms with E-state index < -0.39 is 0 Å². The Kier molecular flexibility index (Phi) is 7.19. The Labute approximate surface area is 176 Å². The first-order chi connectivity index (χ1) is 14.5. The number of likely N-dealkylation sites (N-methyl/N-ethyl adjacent to an activating group) is 1. The second-order valence-electron chi connectivity index (χ2n) is 7.07. The maximum Gasteiger partial charge on any atom is 0.279 e. The number of carbonyl (C=O) groups excluding carboxylic acids is 2. The van der Waals surface area contributed by atoms with E-state index in [1.54, 1.807) is 31.4 Å². The van der Waals surface area contributed by atoms with Crippen molar-refractivity contribution in [2.24, 2.45) is 0 Å². The fraction of sp³-hybridized carbons (Fsp3) is 0.167. The number of carbonyl (C=O) groups is 2. The van der Waals surface area contributed by atoms with Crippen molar-refractivity contribution in [1.82, 2.24) is 0 Å². The number of rotatable bonds is 8. The summed E-state index contributed by atoms with van der Waals surface area (Å²) < 4.78 is 5.17. The Morgan fingerprint density at radius 3 is 2.23 bits per heavy atom. The van der Waals surface area contributed by atoms with E-state index >= 15 is 0 Å². The van der Waals surface area contributed by atoms with Crippen LogP contribution < -0.4 is 20.3 Å². The highest BCUT2D eigenvalue weighted by Gasteiger charge is 2.16. The van der Waals surface area contributed by atoms with Crippen LogP contribution in [0.4, 0.5) is 11.4 Å². The number of amides is 2. The fourth-order valence-corrected chi connectivity index (χ4v) is 3.13. The Bertz CT molecular complexity index is 988. The van der Waals surface area contributed by atoms with E-state index in [4.69, 9.17) is 4.74 Å². The third-order valence-electron chi connectivity index (χ3n) is 4.60. The summed E-state index contributed by atoms with van der Waals surface area (Å²) in [6.45, 7) is 0.980. The van der Waals surface area contributed by atoms with Crippen molar-refractivity contribution in [2.45, 2.75) is 6.54 Å². The first-order valence-electron chi connectivity index (χ1n) is 9.74. The monoisotopic (exact) mass is 404 g/mol. The van der Waals surface area contributed by atoms with Gasteiger partial charge in [0.1, 0.15) is 12.3 Å². The summed E-state index contributed by atoms with van der Waals surface area (Å²) in [5.41, 5.74) is 2.73. The van der Waals surface area contributed by atoms with Crippen LogP contribution in [0.15, 0.2) is 78.9 Å². The Morgan fingerprint density at radius 2 is 1.53 bits per heavy atom. The lowest BCUT2D eigenvalue weighted by molar-refractivity contribution is -0.885. The minimum atomic E-state index is -0.268. The Morgan fingerprint density at radius 1 is 0.867 bits per heavy atom. The molecule has 3 rings (SSSR count). The minimum Gasteiger partial charge on any atom is -0.497 e. The van der Waals surface area contributed by atoms with E-state index in [1.165, 1.54) is 0 Å². The maximum absolute atomic E-state index is 12.7. The van der Waals surface area contributed by atoms with Crippen LogP contribution in [0.5, 0.6) is 5.75 Å². The van der Waals surface area contributed by atoms with Gasteiger partial charge in [-0.3, -0.25) is 9.59 Å². The molecule has 1 atom stereocenters. The molecule has 0 aliphatic rings. The summed E-state index contributed by atoms with van der Waals surface area (Å²) in [6, 6.07) is 24.0. The van der Waals surface area contributed by atoms with E-state index in [9.17, 15) is 9.59 Å². The second-order valence-corrected chi connectivity index (χ2v) is 7.07. The van der Waals surface area contributed by atoms with Gasteiger partial charge >= 0.3 is 0 Å². The standard InChI is InChI=1S/C24H25N3O3/c1-27(16-18-12-14-20(30-2)15-13-18)17-23(28)26-22-11-7-6-10-21(22)24(29)25-19-8-4-3-5-9-19/h3-15H,16-17H2,1-2H3,(H,25,29)(H,26,28)/p+1. The third kappa shape index (κ3) is 5.93. The van der Waals surface area contributed by atoms with Gasteiger partial charge in [0.05, 0.1) is 25.4 Å². The molecule has 3 N–H and O–H groups in total. The number of benzene rings is 3. The van der Waals surface area contributed by atoms with Gasteiger partial charge < -0.3 is 20.3 Å². The lowest BCUT2D eigenvalue weighted by Crippen LogP contribution is -3.08. The van der Waals surface area contributed by atoms with Crippen LogP contribution in [-0.4, -0.2) is 32.5 Å². The summed E-state index contributed by atoms with van der Waals surface area (Å²) in [5, 5.41) is 5.72. The molecule has 0 fully saturated rings. The van der Waals surface area contributed by atoms with Gasteiger partial charge in [-0.25, -0.2) is 0 Å². The van der Waals surface area contributed by atoms with Gasteiger partial charge in [-0.1, -0.05) is 30.3 Å². The largest absolute Gasteiger partial charge is 0.497 e. The molecule has 0 saturated carbocycles. The zero-order valence-electron chi connectivity index (χ0n) is 17.1. The number of ether oxygens (including phenoxy) is 1. The number of para-hydroxylation sites is 2. The molecule has 6 heteroatoms. The molecule has 2 amide bonds. The predicted octanol–water partition coefficient (Wildman–Crippen LogP) is 2.60. The molecule has 0 spiro atoms. The average Bonchev–Trinajstić information content (AvgIpc) is 2.75. The van der Waals surface area contributed by atoms with E-state index in [2.05, 4.69) is 10.6 Å². The Hall–Kier alpha value is -3.64. The molecule has 3 aromatic carbocycles. The van der Waals surface area contributed by atoms with Gasteiger partial charge in [-0.2, -0.15) is 0 Å². The number of methoxy groups -OCH3 is 1. The molecule has 0 radical (unpaired) electrons. The molecule has 0 aromatic heterocycles. The summed E-state index contributed by atoms with van der Waals surface area (Å²) in [5.74, 6) is 0.386. The molecule has 0 heterocycles. The van der Waals surface area contributed by atoms with Crippen LogP contribution in [0.25, 0.3) is 0 Å². The highest BCUT2D eigenvalue weighted by Crippen LogP contribution is 2.17. The molecule has 0 aliphatic carbocycles. The van der Waals surface area contributed by atoms with Crippen molar-refractivity contribution in [2.75, 3.05) is 31.3 Å². The molecule has 0 aliphatic heterocycles. The van der Waals surface area contributed by atoms with Gasteiger partial charge in [-0.05, 0) is 48.5 Å². The topological polar surface area (TPSA) is 71.9 Å². The van der Waals surface area contributed by atoms with Crippen molar-refractivity contribution in [3.05, 3.63) is 90.0 Å². The zero-order chi connectivity index (χ0) is 21.3. The average molecular weight is 404 g/mol. The summed E-state index contributed by atoms with van der Waals surface area (Å²) in [6.07, 6.45) is 0. The number of nitrogens with one attached hydrogen (secondary N) is 3. The van der Waals surface area contributed by atoms with Crippen LogP contribution in [0.1, 0.15) is 15.9 Å². The molecule has 0 bridgehead atoms. The normalized spacial score (nSPS) is 11.4. The molecular weight excluding hydrogens is 378 g/mol. The van der Waals surface area contributed by atoms with Crippen molar-refractivity contribution in [1.29, 1.82) is 0 Å². The SMILES string of the molecule is COc1ccc(C[NH+](C)CC(=O)Nc2ccccc2C(=O)Nc2ccccc2)cc1. The fourth-order valence-electron chi connectivity index (χ4n) is 3.13. The van der Waals surface area contributed by atoms with Gasteiger partial charge in [0.2, 0.25) is 0 Å². The summed E-state index contributed by atoms with van der Waals surface area (Å²) in [7, 11) is 3.59. The van der Waals surface area contributed by atoms with Crippen LogP contribution in [0.3, 0.4) is 0 Å². The minimum absolute atomic E-state index is 0.152. The highest BCUT2D eigenvalue weighted by molar-refractivity contribution is 6.10. The van der Waals surface area contributed by atoms with Gasteiger partial charge in [-0.15, -0.1) is 0 Å². The third-order valence-corrected chi connectivity index (χ3v) is 4.60. The smallest absolute Gasteiger partial charge is 0.279 e. The van der Waals surface area contributed by atoms with Crippen molar-refractivity contribution < 1.29 is 19.2 Å².